The summed E-state index contributed by atoms with van der Waals surface area (Å²) in [5.74, 6) is 0.232. The Balaban J connectivity index is 2.29. The quantitative estimate of drug-likeness (QED) is 0.637. The fourth-order valence-electron chi connectivity index (χ4n) is 1.81. The van der Waals surface area contributed by atoms with Crippen LogP contribution in [0.1, 0.15) is 24.5 Å². The van der Waals surface area contributed by atoms with Crippen LogP contribution in [0.2, 0.25) is 0 Å². The molecule has 66 valence electrons. The van der Waals surface area contributed by atoms with Gasteiger partial charge in [0.1, 0.15) is 0 Å². The van der Waals surface area contributed by atoms with Crippen LogP contribution in [0.5, 0.6) is 0 Å². The first-order valence-electron chi connectivity index (χ1n) is 4.63. The zero-order chi connectivity index (χ0) is 9.47. The Morgan fingerprint density at radius 3 is 2.46 bits per heavy atom. The molecule has 0 radical (unpaired) electrons. The summed E-state index contributed by atoms with van der Waals surface area (Å²) in [4.78, 5) is 0. The maximum absolute atomic E-state index is 8.81. The molecule has 1 heteroatoms. The lowest BCUT2D eigenvalue weighted by molar-refractivity contribution is 0.741. The lowest BCUT2D eigenvalue weighted by Crippen LogP contribution is -2.02. The number of hydrogen-bond donors (Lipinski definition) is 0. The van der Waals surface area contributed by atoms with Crippen LogP contribution in [0.4, 0.5) is 0 Å². The van der Waals surface area contributed by atoms with E-state index in [0.717, 1.165) is 6.42 Å². The van der Waals surface area contributed by atoms with Gasteiger partial charge in [-0.05, 0) is 18.9 Å². The predicted octanol–water partition coefficient (Wildman–Crippen LogP) is 2.80. The molecule has 0 unspecified atom stereocenters. The van der Waals surface area contributed by atoms with E-state index < -0.39 is 0 Å². The van der Waals surface area contributed by atoms with E-state index in [2.05, 4.69) is 44.2 Å². The van der Waals surface area contributed by atoms with Crippen molar-refractivity contribution in [3.63, 3.8) is 0 Å². The highest BCUT2D eigenvalue weighted by Crippen LogP contribution is 2.53. The number of benzene rings is 1. The monoisotopic (exact) mass is 171 g/mol. The smallest absolute Gasteiger partial charge is 0.0665 e. The maximum atomic E-state index is 8.81. The fraction of sp³-hybridized carbons (Fsp3) is 0.417. The second-order valence-corrected chi connectivity index (χ2v) is 4.17. The summed E-state index contributed by atoms with van der Waals surface area (Å²) in [5, 5.41) is 8.81. The molecule has 0 bridgehead atoms. The van der Waals surface area contributed by atoms with Crippen LogP contribution in [0.15, 0.2) is 24.3 Å². The molecule has 0 N–H and O–H groups in total. The highest BCUT2D eigenvalue weighted by Gasteiger charge is 2.51. The molecule has 0 saturated heterocycles. The van der Waals surface area contributed by atoms with Crippen LogP contribution in [0, 0.1) is 24.2 Å². The lowest BCUT2D eigenvalue weighted by Gasteiger charge is -2.08. The first-order chi connectivity index (χ1) is 6.16. The molecule has 2 atom stereocenters. The standard InChI is InChI=1S/C12H13N/c1-9-3-5-10(6-4-9)12(2)7-11(12)8-13/h3-6,11H,7H2,1-2H3/t11-,12-/m1/s1. The van der Waals surface area contributed by atoms with Crippen molar-refractivity contribution in [2.24, 2.45) is 5.92 Å². The number of hydrogen-bond acceptors (Lipinski definition) is 1. The Labute approximate surface area is 79.0 Å². The normalized spacial score (nSPS) is 31.0. The Morgan fingerprint density at radius 2 is 2.00 bits per heavy atom. The molecule has 1 aromatic carbocycles. The Kier molecular flexibility index (Phi) is 1.66. The van der Waals surface area contributed by atoms with Gasteiger partial charge in [0.2, 0.25) is 0 Å². The first-order valence-corrected chi connectivity index (χ1v) is 4.63. The summed E-state index contributed by atoms with van der Waals surface area (Å²) >= 11 is 0. The van der Waals surface area contributed by atoms with Gasteiger partial charge in [-0.2, -0.15) is 5.26 Å². The average molecular weight is 171 g/mol. The molecule has 13 heavy (non-hydrogen) atoms. The van der Waals surface area contributed by atoms with Gasteiger partial charge in [-0.3, -0.25) is 0 Å². The lowest BCUT2D eigenvalue weighted by atomic mass is 9.95. The van der Waals surface area contributed by atoms with Gasteiger partial charge in [0.15, 0.2) is 0 Å². The SMILES string of the molecule is Cc1ccc([C@@]2(C)C[C@@H]2C#N)cc1. The van der Waals surface area contributed by atoms with E-state index in [1.807, 2.05) is 0 Å². The molecular formula is C12H13N. The van der Waals surface area contributed by atoms with E-state index in [1.165, 1.54) is 11.1 Å². The number of nitrogens with zero attached hydrogens (tertiary/aromatic N) is 1. The van der Waals surface area contributed by atoms with Gasteiger partial charge < -0.3 is 0 Å². The second kappa shape index (κ2) is 2.60. The minimum atomic E-state index is 0.141. The van der Waals surface area contributed by atoms with Crippen molar-refractivity contribution in [3.05, 3.63) is 35.4 Å². The van der Waals surface area contributed by atoms with E-state index in [9.17, 15) is 0 Å². The molecule has 1 aliphatic carbocycles. The van der Waals surface area contributed by atoms with Gasteiger partial charge in [0, 0.05) is 5.41 Å². The van der Waals surface area contributed by atoms with Gasteiger partial charge in [-0.1, -0.05) is 36.8 Å². The third kappa shape index (κ3) is 1.23. The minimum absolute atomic E-state index is 0.141. The molecule has 1 aromatic rings. The van der Waals surface area contributed by atoms with Crippen LogP contribution in [0.25, 0.3) is 0 Å². The molecule has 0 spiro atoms. The highest BCUT2D eigenvalue weighted by molar-refractivity contribution is 5.37. The molecule has 0 aliphatic heterocycles. The zero-order valence-electron chi connectivity index (χ0n) is 8.04. The Hall–Kier alpha value is -1.29. The second-order valence-electron chi connectivity index (χ2n) is 4.17. The van der Waals surface area contributed by atoms with Crippen LogP contribution in [-0.4, -0.2) is 0 Å². The van der Waals surface area contributed by atoms with Crippen LogP contribution >= 0.6 is 0 Å². The predicted molar refractivity (Wildman–Crippen MR) is 52.3 cm³/mol. The van der Waals surface area contributed by atoms with Crippen molar-refractivity contribution in [3.8, 4) is 6.07 Å². The molecule has 0 heterocycles. The Bertz CT molecular complexity index is 358. The van der Waals surface area contributed by atoms with E-state index >= 15 is 0 Å². The van der Waals surface area contributed by atoms with Crippen molar-refractivity contribution < 1.29 is 0 Å². The van der Waals surface area contributed by atoms with Gasteiger partial charge in [0.25, 0.3) is 0 Å². The minimum Gasteiger partial charge on any atom is -0.198 e. The topological polar surface area (TPSA) is 23.8 Å². The molecule has 1 aliphatic rings. The summed E-state index contributed by atoms with van der Waals surface area (Å²) < 4.78 is 0. The van der Waals surface area contributed by atoms with Gasteiger partial charge in [0.05, 0.1) is 12.0 Å². The molecule has 1 nitrogen and oxygen atoms in total. The van der Waals surface area contributed by atoms with E-state index in [4.69, 9.17) is 5.26 Å². The van der Waals surface area contributed by atoms with Gasteiger partial charge in [-0.25, -0.2) is 0 Å². The van der Waals surface area contributed by atoms with Crippen molar-refractivity contribution in [2.45, 2.75) is 25.7 Å². The van der Waals surface area contributed by atoms with Crippen molar-refractivity contribution >= 4 is 0 Å². The third-order valence-electron chi connectivity index (χ3n) is 3.10. The summed E-state index contributed by atoms with van der Waals surface area (Å²) in [5.41, 5.74) is 2.73. The molecule has 0 aromatic heterocycles. The number of rotatable bonds is 1. The number of aryl methyl sites for hydroxylation is 1. The summed E-state index contributed by atoms with van der Waals surface area (Å²) in [6, 6.07) is 10.9. The molecule has 0 amide bonds. The Morgan fingerprint density at radius 1 is 1.38 bits per heavy atom. The molecule has 1 fully saturated rings. The van der Waals surface area contributed by atoms with E-state index in [0.29, 0.717) is 0 Å². The fourth-order valence-corrected chi connectivity index (χ4v) is 1.81. The maximum Gasteiger partial charge on any atom is 0.0665 e. The summed E-state index contributed by atoms with van der Waals surface area (Å²) in [6.45, 7) is 4.26. The largest absolute Gasteiger partial charge is 0.198 e. The van der Waals surface area contributed by atoms with Crippen molar-refractivity contribution in [2.75, 3.05) is 0 Å². The van der Waals surface area contributed by atoms with Crippen molar-refractivity contribution in [1.29, 1.82) is 5.26 Å². The highest BCUT2D eigenvalue weighted by atomic mass is 14.5. The summed E-state index contributed by atoms with van der Waals surface area (Å²) in [6.07, 6.45) is 1.02. The van der Waals surface area contributed by atoms with Gasteiger partial charge in [-0.15, -0.1) is 0 Å². The van der Waals surface area contributed by atoms with Crippen molar-refractivity contribution in [1.82, 2.24) is 0 Å². The first kappa shape index (κ1) is 8.31. The molecule has 1 saturated carbocycles. The third-order valence-corrected chi connectivity index (χ3v) is 3.10. The van der Waals surface area contributed by atoms with Gasteiger partial charge >= 0.3 is 0 Å². The van der Waals surface area contributed by atoms with Crippen LogP contribution in [-0.2, 0) is 5.41 Å². The summed E-state index contributed by atoms with van der Waals surface area (Å²) in [7, 11) is 0. The molecule has 2 rings (SSSR count). The van der Waals surface area contributed by atoms with E-state index in [1.54, 1.807) is 0 Å². The van der Waals surface area contributed by atoms with Crippen LogP contribution in [0.3, 0.4) is 0 Å². The number of nitriles is 1. The van der Waals surface area contributed by atoms with E-state index in [-0.39, 0.29) is 11.3 Å². The zero-order valence-corrected chi connectivity index (χ0v) is 8.04. The molecular weight excluding hydrogens is 158 g/mol. The van der Waals surface area contributed by atoms with Crippen LogP contribution < -0.4 is 0 Å². The average Bonchev–Trinajstić information content (AvgIpc) is 2.80.